The van der Waals surface area contributed by atoms with Gasteiger partial charge in [-0.1, -0.05) is 6.92 Å². The van der Waals surface area contributed by atoms with Crippen LogP contribution in [0.1, 0.15) is 18.9 Å². The molecule has 92 valence electrons. The zero-order chi connectivity index (χ0) is 12.9. The fraction of sp³-hybridized carbons (Fsp3) is 0.364. The van der Waals surface area contributed by atoms with Gasteiger partial charge < -0.3 is 5.73 Å². The molecule has 1 aromatic carbocycles. The zero-order valence-corrected chi connectivity index (χ0v) is 10.4. The van der Waals surface area contributed by atoms with Gasteiger partial charge in [0, 0.05) is 12.6 Å². The lowest BCUT2D eigenvalue weighted by atomic mass is 10.2. The van der Waals surface area contributed by atoms with E-state index in [-0.39, 0.29) is 17.5 Å². The Kier molecular flexibility index (Phi) is 4.63. The van der Waals surface area contributed by atoms with Crippen molar-refractivity contribution in [2.75, 3.05) is 6.54 Å². The SMILES string of the molecule is CCC(N)CNS(=O)(=O)c1ccc(C#N)cc1. The molecule has 0 aliphatic heterocycles. The highest BCUT2D eigenvalue weighted by molar-refractivity contribution is 7.89. The topological polar surface area (TPSA) is 96.0 Å². The largest absolute Gasteiger partial charge is 0.327 e. The number of hydrogen-bond donors (Lipinski definition) is 2. The first-order valence-corrected chi connectivity index (χ1v) is 6.73. The highest BCUT2D eigenvalue weighted by Crippen LogP contribution is 2.09. The van der Waals surface area contributed by atoms with Gasteiger partial charge in [0.15, 0.2) is 0 Å². The summed E-state index contributed by atoms with van der Waals surface area (Å²) in [5, 5.41) is 8.61. The molecule has 5 nitrogen and oxygen atoms in total. The lowest BCUT2D eigenvalue weighted by Crippen LogP contribution is -2.36. The molecule has 17 heavy (non-hydrogen) atoms. The lowest BCUT2D eigenvalue weighted by Gasteiger charge is -2.10. The molecule has 3 N–H and O–H groups in total. The molecule has 0 saturated heterocycles. The van der Waals surface area contributed by atoms with Gasteiger partial charge in [0.2, 0.25) is 10.0 Å². The Bertz CT molecular complexity index is 503. The highest BCUT2D eigenvalue weighted by Gasteiger charge is 2.14. The van der Waals surface area contributed by atoms with Crippen LogP contribution in [0.3, 0.4) is 0 Å². The third-order valence-corrected chi connectivity index (χ3v) is 3.79. The van der Waals surface area contributed by atoms with Crippen molar-refractivity contribution in [1.29, 1.82) is 5.26 Å². The molecule has 0 heterocycles. The summed E-state index contributed by atoms with van der Waals surface area (Å²) in [6.07, 6.45) is 0.704. The van der Waals surface area contributed by atoms with Crippen LogP contribution in [0.2, 0.25) is 0 Å². The van der Waals surface area contributed by atoms with Crippen molar-refractivity contribution >= 4 is 10.0 Å². The van der Waals surface area contributed by atoms with Crippen molar-refractivity contribution < 1.29 is 8.42 Å². The molecule has 0 aliphatic carbocycles. The fourth-order valence-electron chi connectivity index (χ4n) is 1.15. The average molecular weight is 253 g/mol. The maximum Gasteiger partial charge on any atom is 0.240 e. The molecule has 1 atom stereocenters. The third kappa shape index (κ3) is 3.82. The van der Waals surface area contributed by atoms with Gasteiger partial charge in [-0.15, -0.1) is 0 Å². The minimum Gasteiger partial charge on any atom is -0.327 e. The van der Waals surface area contributed by atoms with Crippen LogP contribution in [0.5, 0.6) is 0 Å². The van der Waals surface area contributed by atoms with Crippen LogP contribution in [0.15, 0.2) is 29.2 Å². The van der Waals surface area contributed by atoms with Crippen LogP contribution in [-0.4, -0.2) is 21.0 Å². The predicted molar refractivity (Wildman–Crippen MR) is 64.6 cm³/mol. The zero-order valence-electron chi connectivity index (χ0n) is 9.55. The minimum absolute atomic E-state index is 0.139. The van der Waals surface area contributed by atoms with Crippen molar-refractivity contribution in [1.82, 2.24) is 4.72 Å². The van der Waals surface area contributed by atoms with Gasteiger partial charge >= 0.3 is 0 Å². The van der Waals surface area contributed by atoms with Crippen molar-refractivity contribution in [3.63, 3.8) is 0 Å². The van der Waals surface area contributed by atoms with E-state index in [0.29, 0.717) is 12.0 Å². The van der Waals surface area contributed by atoms with Gasteiger partial charge in [-0.25, -0.2) is 13.1 Å². The van der Waals surface area contributed by atoms with E-state index in [1.165, 1.54) is 24.3 Å². The molecule has 6 heteroatoms. The number of hydrogen-bond acceptors (Lipinski definition) is 4. The number of rotatable bonds is 5. The van der Waals surface area contributed by atoms with Crippen molar-refractivity contribution in [2.24, 2.45) is 5.73 Å². The minimum atomic E-state index is -3.53. The molecule has 0 spiro atoms. The molecule has 1 rings (SSSR count). The summed E-state index contributed by atoms with van der Waals surface area (Å²) in [6, 6.07) is 7.47. The second-order valence-electron chi connectivity index (χ2n) is 3.66. The summed E-state index contributed by atoms with van der Waals surface area (Å²) < 4.78 is 26.0. The van der Waals surface area contributed by atoms with E-state index in [2.05, 4.69) is 4.72 Å². The van der Waals surface area contributed by atoms with Gasteiger partial charge in [0.25, 0.3) is 0 Å². The Hall–Kier alpha value is -1.42. The Balaban J connectivity index is 2.79. The maximum absolute atomic E-state index is 11.8. The van der Waals surface area contributed by atoms with Crippen LogP contribution >= 0.6 is 0 Å². The Morgan fingerprint density at radius 1 is 1.41 bits per heavy atom. The van der Waals surface area contributed by atoms with Crippen LogP contribution in [-0.2, 0) is 10.0 Å². The first kappa shape index (κ1) is 13.6. The van der Waals surface area contributed by atoms with E-state index in [9.17, 15) is 8.42 Å². The van der Waals surface area contributed by atoms with Crippen LogP contribution in [0.4, 0.5) is 0 Å². The second-order valence-corrected chi connectivity index (χ2v) is 5.42. The Labute approximate surface area is 101 Å². The van der Waals surface area contributed by atoms with Gasteiger partial charge in [-0.2, -0.15) is 5.26 Å². The first-order chi connectivity index (χ1) is 7.99. The molecule has 0 radical (unpaired) electrons. The molecule has 0 saturated carbocycles. The van der Waals surface area contributed by atoms with E-state index in [1.54, 1.807) is 0 Å². The summed E-state index contributed by atoms with van der Waals surface area (Å²) in [5.74, 6) is 0. The quantitative estimate of drug-likeness (QED) is 0.802. The smallest absolute Gasteiger partial charge is 0.240 e. The van der Waals surface area contributed by atoms with Gasteiger partial charge in [-0.05, 0) is 30.7 Å². The molecule has 1 unspecified atom stereocenters. The van der Waals surface area contributed by atoms with Gasteiger partial charge in [-0.3, -0.25) is 0 Å². The van der Waals surface area contributed by atoms with E-state index < -0.39 is 10.0 Å². The highest BCUT2D eigenvalue weighted by atomic mass is 32.2. The van der Waals surface area contributed by atoms with Crippen molar-refractivity contribution in [2.45, 2.75) is 24.3 Å². The number of benzene rings is 1. The Morgan fingerprint density at radius 3 is 2.47 bits per heavy atom. The van der Waals surface area contributed by atoms with Gasteiger partial charge in [0.05, 0.1) is 16.5 Å². The molecule has 1 aromatic rings. The average Bonchev–Trinajstić information content (AvgIpc) is 2.36. The summed E-state index contributed by atoms with van der Waals surface area (Å²) in [6.45, 7) is 2.10. The summed E-state index contributed by atoms with van der Waals surface area (Å²) in [5.41, 5.74) is 6.06. The van der Waals surface area contributed by atoms with Crippen LogP contribution < -0.4 is 10.5 Å². The molecule has 0 bridgehead atoms. The van der Waals surface area contributed by atoms with Crippen molar-refractivity contribution in [3.8, 4) is 6.07 Å². The monoisotopic (exact) mass is 253 g/mol. The number of sulfonamides is 1. The molecular formula is C11H15N3O2S. The molecule has 0 fully saturated rings. The second kappa shape index (κ2) is 5.77. The Morgan fingerprint density at radius 2 is 2.00 bits per heavy atom. The summed E-state index contributed by atoms with van der Waals surface area (Å²) in [7, 11) is -3.53. The number of nitrogens with one attached hydrogen (secondary N) is 1. The van der Waals surface area contributed by atoms with Gasteiger partial charge in [0.1, 0.15) is 0 Å². The molecule has 0 amide bonds. The maximum atomic E-state index is 11.8. The molecule has 0 aromatic heterocycles. The predicted octanol–water partition coefficient (Wildman–Crippen LogP) is 0.574. The number of nitriles is 1. The standard InChI is InChI=1S/C11H15N3O2S/c1-2-10(13)8-14-17(15,16)11-5-3-9(7-12)4-6-11/h3-6,10,14H,2,8,13H2,1H3. The number of nitrogens with zero attached hydrogens (tertiary/aromatic N) is 1. The van der Waals surface area contributed by atoms with Crippen LogP contribution in [0.25, 0.3) is 0 Å². The third-order valence-electron chi connectivity index (χ3n) is 2.35. The van der Waals surface area contributed by atoms with Crippen molar-refractivity contribution in [3.05, 3.63) is 29.8 Å². The van der Waals surface area contributed by atoms with E-state index in [4.69, 9.17) is 11.0 Å². The summed E-state index contributed by atoms with van der Waals surface area (Å²) >= 11 is 0. The van der Waals surface area contributed by atoms with E-state index >= 15 is 0 Å². The number of nitrogens with two attached hydrogens (primary N) is 1. The summed E-state index contributed by atoms with van der Waals surface area (Å²) in [4.78, 5) is 0.139. The van der Waals surface area contributed by atoms with E-state index in [1.807, 2.05) is 13.0 Å². The normalized spacial score (nSPS) is 13.0. The lowest BCUT2D eigenvalue weighted by molar-refractivity contribution is 0.564. The van der Waals surface area contributed by atoms with Crippen LogP contribution in [0, 0.1) is 11.3 Å². The molecular weight excluding hydrogens is 238 g/mol. The fourth-order valence-corrected chi connectivity index (χ4v) is 2.25. The molecule has 0 aliphatic rings. The van der Waals surface area contributed by atoms with E-state index in [0.717, 1.165) is 0 Å². The first-order valence-electron chi connectivity index (χ1n) is 5.25.